The van der Waals surface area contributed by atoms with Gasteiger partial charge >= 0.3 is 0 Å². The first-order chi connectivity index (χ1) is 10.3. The monoisotopic (exact) mass is 282 g/mol. The van der Waals surface area contributed by atoms with E-state index in [1.807, 2.05) is 30.3 Å². The molecule has 1 heterocycles. The van der Waals surface area contributed by atoms with E-state index in [9.17, 15) is 4.39 Å². The fraction of sp³-hybridized carbons (Fsp3) is 0. The van der Waals surface area contributed by atoms with E-state index in [2.05, 4.69) is 25.9 Å². The lowest BCUT2D eigenvalue weighted by atomic mass is 10.2. The van der Waals surface area contributed by atoms with Gasteiger partial charge in [0.2, 0.25) is 0 Å². The molecule has 0 amide bonds. The van der Waals surface area contributed by atoms with Crippen molar-refractivity contribution >= 4 is 17.9 Å². The Hall–Kier alpha value is -3.09. The number of aromatic nitrogens is 4. The van der Waals surface area contributed by atoms with Gasteiger partial charge in [0, 0.05) is 5.69 Å². The highest BCUT2D eigenvalue weighted by molar-refractivity contribution is 5.79. The van der Waals surface area contributed by atoms with Crippen LogP contribution in [0.1, 0.15) is 5.56 Å². The fourth-order valence-corrected chi connectivity index (χ4v) is 1.66. The van der Waals surface area contributed by atoms with Gasteiger partial charge < -0.3 is 5.32 Å². The summed E-state index contributed by atoms with van der Waals surface area (Å²) in [6, 6.07) is 15.5. The number of nitrogens with one attached hydrogen (secondary N) is 1. The molecule has 0 aliphatic carbocycles. The van der Waals surface area contributed by atoms with Crippen LogP contribution >= 0.6 is 0 Å². The summed E-state index contributed by atoms with van der Waals surface area (Å²) in [5.74, 6) is 0.0977. The van der Waals surface area contributed by atoms with E-state index in [4.69, 9.17) is 0 Å². The number of halogens is 1. The van der Waals surface area contributed by atoms with Gasteiger partial charge in [-0.3, -0.25) is 0 Å². The van der Waals surface area contributed by atoms with E-state index in [1.165, 1.54) is 16.9 Å². The van der Waals surface area contributed by atoms with Gasteiger partial charge in [-0.15, -0.1) is 0 Å². The lowest BCUT2D eigenvalue weighted by molar-refractivity contribution is 0.628. The maximum absolute atomic E-state index is 12.8. The summed E-state index contributed by atoms with van der Waals surface area (Å²) in [6.45, 7) is 0. The molecule has 0 fully saturated rings. The van der Waals surface area contributed by atoms with Gasteiger partial charge in [-0.25, -0.2) is 4.39 Å². The average Bonchev–Trinajstić information content (AvgIpc) is 2.95. The van der Waals surface area contributed by atoms with Crippen LogP contribution in [0, 0.1) is 5.82 Å². The molecule has 0 atom stereocenters. The molecule has 3 aromatic rings. The van der Waals surface area contributed by atoms with Crippen molar-refractivity contribution in [2.45, 2.75) is 0 Å². The Labute approximate surface area is 119 Å². The quantitative estimate of drug-likeness (QED) is 0.746. The minimum absolute atomic E-state index is 0.291. The zero-order valence-electron chi connectivity index (χ0n) is 10.9. The predicted molar refractivity (Wildman–Crippen MR) is 76.9 cm³/mol. The molecule has 1 aromatic heterocycles. The number of hydrogen-bond acceptors (Lipinski definition) is 5. The van der Waals surface area contributed by atoms with Crippen molar-refractivity contribution in [1.29, 1.82) is 0 Å². The highest BCUT2D eigenvalue weighted by Crippen LogP contribution is 2.12. The topological polar surface area (TPSA) is 68.0 Å². The number of benzene rings is 2. The summed E-state index contributed by atoms with van der Waals surface area (Å²) in [5, 5.41) is 18.4. The minimum atomic E-state index is -0.291. The molecular weight excluding hydrogens is 271 g/mol. The summed E-state index contributed by atoms with van der Waals surface area (Å²) in [7, 11) is 0. The van der Waals surface area contributed by atoms with Gasteiger partial charge in [-0.1, -0.05) is 40.2 Å². The number of tetrazole rings is 1. The van der Waals surface area contributed by atoms with E-state index in [1.54, 1.807) is 18.3 Å². The summed E-state index contributed by atoms with van der Waals surface area (Å²) in [4.78, 5) is 1.26. The first-order valence-electron chi connectivity index (χ1n) is 6.22. The average molecular weight is 282 g/mol. The second-order valence-electron chi connectivity index (χ2n) is 4.18. The highest BCUT2D eigenvalue weighted by Gasteiger charge is 2.04. The summed E-state index contributed by atoms with van der Waals surface area (Å²) in [6.07, 6.45) is 1.55. The molecule has 0 aliphatic rings. The van der Waals surface area contributed by atoms with Crippen molar-refractivity contribution in [3.63, 3.8) is 0 Å². The van der Waals surface area contributed by atoms with Gasteiger partial charge in [0.25, 0.3) is 5.95 Å². The van der Waals surface area contributed by atoms with E-state index in [0.29, 0.717) is 5.95 Å². The molecule has 1 N–H and O–H groups in total. The Morgan fingerprint density at radius 2 is 1.81 bits per heavy atom. The Bertz CT molecular complexity index is 736. The zero-order valence-corrected chi connectivity index (χ0v) is 10.9. The maximum atomic E-state index is 12.8. The number of anilines is 2. The van der Waals surface area contributed by atoms with E-state index >= 15 is 0 Å². The molecular formula is C14H11FN6. The normalized spacial score (nSPS) is 10.9. The molecule has 0 unspecified atom stereocenters. The Morgan fingerprint density at radius 1 is 1.05 bits per heavy atom. The smallest absolute Gasteiger partial charge is 0.269 e. The Morgan fingerprint density at radius 3 is 2.57 bits per heavy atom. The van der Waals surface area contributed by atoms with Crippen molar-refractivity contribution in [1.82, 2.24) is 20.3 Å². The molecule has 2 aromatic carbocycles. The van der Waals surface area contributed by atoms with Crippen molar-refractivity contribution < 1.29 is 4.39 Å². The third-order valence-corrected chi connectivity index (χ3v) is 2.67. The molecule has 21 heavy (non-hydrogen) atoms. The predicted octanol–water partition coefficient (Wildman–Crippen LogP) is 2.44. The molecule has 0 saturated heterocycles. The third kappa shape index (κ3) is 3.27. The van der Waals surface area contributed by atoms with Crippen LogP contribution in [-0.2, 0) is 0 Å². The summed E-state index contributed by atoms with van der Waals surface area (Å²) >= 11 is 0. The standard InChI is InChI=1S/C14H11FN6/c15-12-8-6-11(7-9-12)10-16-21-14(18-19-20-21)17-13-4-2-1-3-5-13/h1-10H,(H,17,18,20)/b16-10-. The molecule has 6 nitrogen and oxygen atoms in total. The summed E-state index contributed by atoms with van der Waals surface area (Å²) < 4.78 is 12.8. The number of hydrogen-bond donors (Lipinski definition) is 1. The van der Waals surface area contributed by atoms with Gasteiger partial charge in [0.1, 0.15) is 5.82 Å². The zero-order chi connectivity index (χ0) is 14.5. The van der Waals surface area contributed by atoms with Crippen molar-refractivity contribution in [3.8, 4) is 0 Å². The highest BCUT2D eigenvalue weighted by atomic mass is 19.1. The van der Waals surface area contributed by atoms with Crippen LogP contribution < -0.4 is 5.32 Å². The van der Waals surface area contributed by atoms with Crippen LogP contribution in [0.3, 0.4) is 0 Å². The first-order valence-corrected chi connectivity index (χ1v) is 6.22. The molecule has 0 aliphatic heterocycles. The van der Waals surface area contributed by atoms with E-state index in [-0.39, 0.29) is 5.82 Å². The Kier molecular flexibility index (Phi) is 3.64. The number of para-hydroxylation sites is 1. The SMILES string of the molecule is Fc1ccc(/C=N\n2nnnc2Nc2ccccc2)cc1. The van der Waals surface area contributed by atoms with Crippen molar-refractivity contribution in [2.75, 3.05) is 5.32 Å². The second kappa shape index (κ2) is 5.91. The summed E-state index contributed by atoms with van der Waals surface area (Å²) in [5.41, 5.74) is 1.60. The molecule has 0 saturated carbocycles. The number of nitrogens with zero attached hydrogens (tertiary/aromatic N) is 5. The van der Waals surface area contributed by atoms with Gasteiger partial charge in [-0.05, 0) is 40.3 Å². The molecule has 7 heteroatoms. The lowest BCUT2D eigenvalue weighted by Crippen LogP contribution is -2.01. The van der Waals surface area contributed by atoms with Crippen molar-refractivity contribution in [2.24, 2.45) is 5.10 Å². The number of rotatable bonds is 4. The molecule has 0 spiro atoms. The van der Waals surface area contributed by atoms with Crippen LogP contribution in [0.4, 0.5) is 16.0 Å². The van der Waals surface area contributed by atoms with Crippen LogP contribution in [0.2, 0.25) is 0 Å². The van der Waals surface area contributed by atoms with Crippen molar-refractivity contribution in [3.05, 3.63) is 66.0 Å². The largest absolute Gasteiger partial charge is 0.321 e. The Balaban J connectivity index is 1.78. The molecule has 0 bridgehead atoms. The van der Waals surface area contributed by atoms with Gasteiger partial charge in [-0.2, -0.15) is 5.10 Å². The second-order valence-corrected chi connectivity index (χ2v) is 4.18. The lowest BCUT2D eigenvalue weighted by Gasteiger charge is -2.02. The van der Waals surface area contributed by atoms with E-state index < -0.39 is 0 Å². The van der Waals surface area contributed by atoms with Crippen LogP contribution in [0.5, 0.6) is 0 Å². The molecule has 104 valence electrons. The molecule has 3 rings (SSSR count). The maximum Gasteiger partial charge on any atom is 0.269 e. The van der Waals surface area contributed by atoms with Crippen LogP contribution in [0.15, 0.2) is 59.7 Å². The minimum Gasteiger partial charge on any atom is -0.321 e. The molecule has 0 radical (unpaired) electrons. The van der Waals surface area contributed by atoms with E-state index in [0.717, 1.165) is 11.3 Å². The van der Waals surface area contributed by atoms with Gasteiger partial charge in [0.05, 0.1) is 6.21 Å². The third-order valence-electron chi connectivity index (χ3n) is 2.67. The van der Waals surface area contributed by atoms with Crippen LogP contribution in [0.25, 0.3) is 0 Å². The fourth-order valence-electron chi connectivity index (χ4n) is 1.66. The van der Waals surface area contributed by atoms with Gasteiger partial charge in [0.15, 0.2) is 0 Å². The first kappa shape index (κ1) is 12.9. The van der Waals surface area contributed by atoms with Crippen LogP contribution in [-0.4, -0.2) is 26.5 Å².